The van der Waals surface area contributed by atoms with Gasteiger partial charge in [-0.1, -0.05) is 90.0 Å². The molecule has 0 unspecified atom stereocenters. The predicted octanol–water partition coefficient (Wildman–Crippen LogP) is 5.22. The van der Waals surface area contributed by atoms with Gasteiger partial charge in [0.1, 0.15) is 12.4 Å². The molecule has 0 fully saturated rings. The number of carbonyl (C=O) groups is 1. The van der Waals surface area contributed by atoms with Crippen molar-refractivity contribution in [3.05, 3.63) is 131 Å². The van der Waals surface area contributed by atoms with Crippen LogP contribution in [0.25, 0.3) is 0 Å². The van der Waals surface area contributed by atoms with Gasteiger partial charge in [-0.05, 0) is 49.2 Å². The second kappa shape index (κ2) is 13.0. The number of hydrazone groups is 1. The van der Waals surface area contributed by atoms with E-state index < -0.39 is 22.5 Å². The van der Waals surface area contributed by atoms with Gasteiger partial charge < -0.3 is 4.74 Å². The molecular weight excluding hydrogens is 510 g/mol. The summed E-state index contributed by atoms with van der Waals surface area (Å²) in [7, 11) is -3.94. The van der Waals surface area contributed by atoms with Crippen LogP contribution >= 0.6 is 0 Å². The topological polar surface area (TPSA) is 88.1 Å². The Bertz CT molecular complexity index is 1520. The van der Waals surface area contributed by atoms with Crippen molar-refractivity contribution in [1.29, 1.82) is 0 Å². The molecule has 0 aliphatic rings. The molecule has 200 valence electrons. The van der Waals surface area contributed by atoms with Gasteiger partial charge >= 0.3 is 0 Å². The Labute approximate surface area is 229 Å². The number of para-hydroxylation sites is 1. The first-order valence-corrected chi connectivity index (χ1v) is 14.0. The van der Waals surface area contributed by atoms with E-state index in [9.17, 15) is 13.2 Å². The molecule has 0 aromatic heterocycles. The van der Waals surface area contributed by atoms with Gasteiger partial charge in [-0.2, -0.15) is 9.41 Å². The first kappa shape index (κ1) is 27.8. The van der Waals surface area contributed by atoms with Crippen molar-refractivity contribution < 1.29 is 17.9 Å². The minimum Gasteiger partial charge on any atom is -0.488 e. The van der Waals surface area contributed by atoms with Gasteiger partial charge in [0.25, 0.3) is 5.91 Å². The van der Waals surface area contributed by atoms with Gasteiger partial charge in [0.2, 0.25) is 10.0 Å². The maximum Gasteiger partial charge on any atom is 0.255 e. The lowest BCUT2D eigenvalue weighted by atomic mass is 10.1. The van der Waals surface area contributed by atoms with Crippen molar-refractivity contribution in [2.45, 2.75) is 31.9 Å². The molecule has 39 heavy (non-hydrogen) atoms. The van der Waals surface area contributed by atoms with Crippen molar-refractivity contribution in [1.82, 2.24) is 9.73 Å². The number of rotatable bonds is 11. The first-order chi connectivity index (χ1) is 18.8. The van der Waals surface area contributed by atoms with Crippen molar-refractivity contribution >= 4 is 22.1 Å². The lowest BCUT2D eigenvalue weighted by molar-refractivity contribution is -0.121. The molecule has 4 aromatic carbocycles. The van der Waals surface area contributed by atoms with Crippen molar-refractivity contribution in [3.63, 3.8) is 0 Å². The average molecular weight is 542 g/mol. The second-order valence-corrected chi connectivity index (χ2v) is 11.1. The molecule has 4 aromatic rings. The average Bonchev–Trinajstić information content (AvgIpc) is 2.94. The predicted molar refractivity (Wildman–Crippen MR) is 153 cm³/mol. The van der Waals surface area contributed by atoms with Crippen LogP contribution in [0.3, 0.4) is 0 Å². The molecule has 0 atom stereocenters. The SMILES string of the molecule is Cc1ccc(CN(CC(=O)NN=Cc2ccccc2OCc2ccccc2)S(=O)(=O)c2ccc(C)cc2)cc1. The zero-order chi connectivity index (χ0) is 27.7. The highest BCUT2D eigenvalue weighted by Crippen LogP contribution is 2.20. The summed E-state index contributed by atoms with van der Waals surface area (Å²) in [6, 6.07) is 31.2. The summed E-state index contributed by atoms with van der Waals surface area (Å²) >= 11 is 0. The van der Waals surface area contributed by atoms with E-state index in [0.717, 1.165) is 26.6 Å². The Morgan fingerprint density at radius 2 is 1.44 bits per heavy atom. The molecule has 0 spiro atoms. The lowest BCUT2D eigenvalue weighted by Gasteiger charge is -2.21. The monoisotopic (exact) mass is 541 g/mol. The summed E-state index contributed by atoms with van der Waals surface area (Å²) in [5.74, 6) is 0.0547. The lowest BCUT2D eigenvalue weighted by Crippen LogP contribution is -2.39. The number of amides is 1. The quantitative estimate of drug-likeness (QED) is 0.208. The van der Waals surface area contributed by atoms with Crippen molar-refractivity contribution in [3.8, 4) is 5.75 Å². The summed E-state index contributed by atoms with van der Waals surface area (Å²) in [5, 5.41) is 4.07. The number of benzene rings is 4. The number of ether oxygens (including phenoxy) is 1. The number of hydrogen-bond donors (Lipinski definition) is 1. The molecule has 1 amide bonds. The van der Waals surface area contributed by atoms with E-state index in [-0.39, 0.29) is 11.4 Å². The summed E-state index contributed by atoms with van der Waals surface area (Å²) in [4.78, 5) is 13.0. The number of hydrogen-bond acceptors (Lipinski definition) is 5. The minimum absolute atomic E-state index is 0.0454. The Hall–Kier alpha value is -4.27. The number of sulfonamides is 1. The molecule has 0 aliphatic carbocycles. The number of nitrogens with zero attached hydrogens (tertiary/aromatic N) is 2. The molecule has 0 radical (unpaired) electrons. The molecule has 4 rings (SSSR count). The summed E-state index contributed by atoms with van der Waals surface area (Å²) in [5.41, 5.74) is 6.95. The van der Waals surface area contributed by atoms with Gasteiger partial charge in [-0.25, -0.2) is 13.8 Å². The van der Waals surface area contributed by atoms with Crippen LogP contribution in [0.4, 0.5) is 0 Å². The van der Waals surface area contributed by atoms with Crippen LogP contribution in [0.1, 0.15) is 27.8 Å². The highest BCUT2D eigenvalue weighted by Gasteiger charge is 2.27. The van der Waals surface area contributed by atoms with Crippen LogP contribution in [0.15, 0.2) is 113 Å². The van der Waals surface area contributed by atoms with Crippen LogP contribution in [0.2, 0.25) is 0 Å². The Morgan fingerprint density at radius 3 is 2.13 bits per heavy atom. The summed E-state index contributed by atoms with van der Waals surface area (Å²) < 4.78 is 34.0. The first-order valence-electron chi connectivity index (χ1n) is 12.5. The van der Waals surface area contributed by atoms with Crippen LogP contribution < -0.4 is 10.2 Å². The molecule has 0 aliphatic heterocycles. The maximum atomic E-state index is 13.5. The Morgan fingerprint density at radius 1 is 0.821 bits per heavy atom. The Balaban J connectivity index is 1.46. The Kier molecular flexibility index (Phi) is 9.25. The van der Waals surface area contributed by atoms with E-state index >= 15 is 0 Å². The zero-order valence-corrected chi connectivity index (χ0v) is 22.8. The number of carbonyl (C=O) groups excluding carboxylic acids is 1. The minimum atomic E-state index is -3.94. The summed E-state index contributed by atoms with van der Waals surface area (Å²) in [6.07, 6.45) is 1.48. The van der Waals surface area contributed by atoms with Gasteiger partial charge in [0.15, 0.2) is 0 Å². The maximum absolute atomic E-state index is 13.5. The van der Waals surface area contributed by atoms with Crippen molar-refractivity contribution in [2.75, 3.05) is 6.54 Å². The highest BCUT2D eigenvalue weighted by atomic mass is 32.2. The van der Waals surface area contributed by atoms with Crippen molar-refractivity contribution in [2.24, 2.45) is 5.10 Å². The number of aryl methyl sites for hydroxylation is 2. The van der Waals surface area contributed by atoms with E-state index in [2.05, 4.69) is 10.5 Å². The normalized spacial score (nSPS) is 11.6. The second-order valence-electron chi connectivity index (χ2n) is 9.18. The van der Waals surface area contributed by atoms with E-state index in [1.807, 2.05) is 92.7 Å². The molecule has 0 bridgehead atoms. The van der Waals surface area contributed by atoms with Gasteiger partial charge in [-0.15, -0.1) is 0 Å². The van der Waals surface area contributed by atoms with E-state index in [1.165, 1.54) is 6.21 Å². The third kappa shape index (κ3) is 7.86. The fraction of sp³-hybridized carbons (Fsp3) is 0.161. The van der Waals surface area contributed by atoms with E-state index in [0.29, 0.717) is 17.9 Å². The molecular formula is C31H31N3O4S. The van der Waals surface area contributed by atoms with Crippen LogP contribution in [-0.2, 0) is 28.0 Å². The molecule has 0 saturated heterocycles. The van der Waals surface area contributed by atoms with Crippen LogP contribution in [0, 0.1) is 13.8 Å². The third-order valence-electron chi connectivity index (χ3n) is 6.01. The molecule has 0 heterocycles. The third-order valence-corrected chi connectivity index (χ3v) is 7.81. The van der Waals surface area contributed by atoms with Crippen LogP contribution in [-0.4, -0.2) is 31.4 Å². The van der Waals surface area contributed by atoms with Gasteiger partial charge in [0, 0.05) is 12.1 Å². The molecule has 8 heteroatoms. The fourth-order valence-electron chi connectivity index (χ4n) is 3.81. The van der Waals surface area contributed by atoms with Gasteiger partial charge in [0.05, 0.1) is 17.7 Å². The van der Waals surface area contributed by atoms with E-state index in [4.69, 9.17) is 4.74 Å². The van der Waals surface area contributed by atoms with Gasteiger partial charge in [-0.3, -0.25) is 4.79 Å². The fourth-order valence-corrected chi connectivity index (χ4v) is 5.19. The van der Waals surface area contributed by atoms with Crippen LogP contribution in [0.5, 0.6) is 5.75 Å². The molecule has 1 N–H and O–H groups in total. The molecule has 7 nitrogen and oxygen atoms in total. The zero-order valence-electron chi connectivity index (χ0n) is 21.9. The number of nitrogens with one attached hydrogen (secondary N) is 1. The molecule has 0 saturated carbocycles. The largest absolute Gasteiger partial charge is 0.488 e. The smallest absolute Gasteiger partial charge is 0.255 e. The highest BCUT2D eigenvalue weighted by molar-refractivity contribution is 7.89. The summed E-state index contributed by atoms with van der Waals surface area (Å²) in [6.45, 7) is 3.89. The van der Waals surface area contributed by atoms with E-state index in [1.54, 1.807) is 24.3 Å². The standard InChI is InChI=1S/C31H31N3O4S/c1-24-12-16-26(17-13-24)21-34(39(36,37)29-18-14-25(2)15-19-29)22-31(35)33-32-20-28-10-6-7-11-30(28)38-23-27-8-4-3-5-9-27/h3-20H,21-23H2,1-2H3,(H,33,35).